The van der Waals surface area contributed by atoms with Gasteiger partial charge in [-0.2, -0.15) is 0 Å². The minimum Gasteiger partial charge on any atom is -0.249 e. The molecule has 0 fully saturated rings. The van der Waals surface area contributed by atoms with Crippen LogP contribution in [0.5, 0.6) is 0 Å². The van der Waals surface area contributed by atoms with Gasteiger partial charge in [0.05, 0.1) is 0 Å². The van der Waals surface area contributed by atoms with Crippen LogP contribution in [0.3, 0.4) is 0 Å². The molecule has 3 aromatic rings. The second-order valence-electron chi connectivity index (χ2n) is 3.41. The molecule has 0 radical (unpaired) electrons. The normalized spacial score (nSPS) is 12.0. The monoisotopic (exact) mass is 249 g/mol. The number of hydrogen-bond donors (Lipinski definition) is 0. The quantitative estimate of drug-likeness (QED) is 0.683. The highest BCUT2D eigenvalue weighted by Crippen LogP contribution is 2.21. The summed E-state index contributed by atoms with van der Waals surface area (Å²) in [7, 11) is -3.64. The Balaban J connectivity index is 2.33. The van der Waals surface area contributed by atoms with E-state index in [-0.39, 0.29) is 10.4 Å². The molecular weight excluding hydrogens is 242 g/mol. The first kappa shape index (κ1) is 10.0. The zero-order valence-corrected chi connectivity index (χ0v) is 9.33. The zero-order valence-electron chi connectivity index (χ0n) is 8.52. The summed E-state index contributed by atoms with van der Waals surface area (Å²) in [6.07, 6.45) is 2.92. The van der Waals surface area contributed by atoms with Gasteiger partial charge in [-0.15, -0.1) is 0 Å². The first-order valence-electron chi connectivity index (χ1n) is 4.79. The lowest BCUT2D eigenvalue weighted by molar-refractivity contribution is 0.315. The van der Waals surface area contributed by atoms with Crippen molar-refractivity contribution in [1.29, 1.82) is 0 Å². The Bertz CT molecular complexity index is 759. The molecule has 0 aliphatic carbocycles. The highest BCUT2D eigenvalue weighted by atomic mass is 32.2. The third kappa shape index (κ3) is 1.43. The summed E-state index contributed by atoms with van der Waals surface area (Å²) in [5.74, 6) is 0. The second kappa shape index (κ2) is 3.42. The summed E-state index contributed by atoms with van der Waals surface area (Å²) in [5.41, 5.74) is 0.652. The third-order valence-corrected chi connectivity index (χ3v) is 4.07. The molecule has 2 heterocycles. The van der Waals surface area contributed by atoms with Gasteiger partial charge in [0.25, 0.3) is 10.0 Å². The van der Waals surface area contributed by atoms with Crippen LogP contribution < -0.4 is 0 Å². The Kier molecular flexibility index (Phi) is 2.02. The maximum Gasteiger partial charge on any atom is 0.269 e. The summed E-state index contributed by atoms with van der Waals surface area (Å²) in [5, 5.41) is 7.23. The van der Waals surface area contributed by atoms with E-state index in [1.807, 2.05) is 0 Å². The lowest BCUT2D eigenvalue weighted by Crippen LogP contribution is -2.11. The van der Waals surface area contributed by atoms with Crippen LogP contribution >= 0.6 is 0 Å². The summed E-state index contributed by atoms with van der Waals surface area (Å²) in [6.45, 7) is 0. The number of benzene rings is 1. The van der Waals surface area contributed by atoms with Gasteiger partial charge in [-0.3, -0.25) is 0 Å². The number of fused-ring (bicyclic) bond motifs is 1. The van der Waals surface area contributed by atoms with Crippen LogP contribution in [0.2, 0.25) is 0 Å². The Morgan fingerprint density at radius 2 is 1.82 bits per heavy atom. The lowest BCUT2D eigenvalue weighted by Gasteiger charge is -2.04. The highest BCUT2D eigenvalue weighted by molar-refractivity contribution is 7.90. The molecule has 86 valence electrons. The molecule has 0 saturated carbocycles. The summed E-state index contributed by atoms with van der Waals surface area (Å²) in [4.78, 5) is 0.0763. The van der Waals surface area contributed by atoms with E-state index in [1.54, 1.807) is 24.3 Å². The van der Waals surface area contributed by atoms with Crippen LogP contribution in [0.15, 0.2) is 52.3 Å². The standard InChI is InChI=1S/C10H7N3O3S/c14-17(15,13-6-1-2-7-13)9-5-3-4-8-10(9)12-16-11-8/h1-7H. The minimum absolute atomic E-state index is 0.0763. The Morgan fingerprint density at radius 3 is 2.59 bits per heavy atom. The molecule has 3 rings (SSSR count). The van der Waals surface area contributed by atoms with E-state index >= 15 is 0 Å². The van der Waals surface area contributed by atoms with E-state index in [0.717, 1.165) is 3.97 Å². The molecule has 0 saturated heterocycles. The lowest BCUT2D eigenvalue weighted by atomic mass is 10.3. The molecule has 0 aliphatic rings. The van der Waals surface area contributed by atoms with E-state index in [4.69, 9.17) is 0 Å². The van der Waals surface area contributed by atoms with Gasteiger partial charge in [0.2, 0.25) is 0 Å². The summed E-state index contributed by atoms with van der Waals surface area (Å²) < 4.78 is 30.2. The summed E-state index contributed by atoms with van der Waals surface area (Å²) in [6, 6.07) is 7.99. The molecule has 1 aromatic carbocycles. The van der Waals surface area contributed by atoms with Crippen molar-refractivity contribution in [3.05, 3.63) is 42.7 Å². The van der Waals surface area contributed by atoms with Gasteiger partial charge < -0.3 is 0 Å². The van der Waals surface area contributed by atoms with Crippen LogP contribution in [0.4, 0.5) is 0 Å². The average molecular weight is 249 g/mol. The number of rotatable bonds is 2. The van der Waals surface area contributed by atoms with Gasteiger partial charge in [-0.25, -0.2) is 17.0 Å². The third-order valence-electron chi connectivity index (χ3n) is 2.38. The van der Waals surface area contributed by atoms with Crippen molar-refractivity contribution in [3.63, 3.8) is 0 Å². The fourth-order valence-corrected chi connectivity index (χ4v) is 2.91. The topological polar surface area (TPSA) is 78.0 Å². The number of nitrogens with zero attached hydrogens (tertiary/aromatic N) is 3. The summed E-state index contributed by atoms with van der Waals surface area (Å²) >= 11 is 0. The van der Waals surface area contributed by atoms with Crippen LogP contribution in [0.25, 0.3) is 11.0 Å². The Morgan fingerprint density at radius 1 is 1.06 bits per heavy atom. The van der Waals surface area contributed by atoms with E-state index in [9.17, 15) is 8.42 Å². The molecular formula is C10H7N3O3S. The van der Waals surface area contributed by atoms with E-state index in [2.05, 4.69) is 14.9 Å². The van der Waals surface area contributed by atoms with Crippen molar-refractivity contribution in [2.45, 2.75) is 4.90 Å². The van der Waals surface area contributed by atoms with Crippen LogP contribution in [0, 0.1) is 0 Å². The van der Waals surface area contributed by atoms with Gasteiger partial charge in [-0.05, 0) is 34.6 Å². The molecule has 0 N–H and O–H groups in total. The van der Waals surface area contributed by atoms with Gasteiger partial charge in [0, 0.05) is 12.4 Å². The van der Waals surface area contributed by atoms with E-state index in [1.165, 1.54) is 18.5 Å². The molecule has 0 atom stereocenters. The van der Waals surface area contributed by atoms with Gasteiger partial charge in [-0.1, -0.05) is 6.07 Å². The van der Waals surface area contributed by atoms with Crippen LogP contribution in [-0.2, 0) is 10.0 Å². The van der Waals surface area contributed by atoms with Crippen molar-refractivity contribution in [2.24, 2.45) is 0 Å². The van der Waals surface area contributed by atoms with E-state index in [0.29, 0.717) is 5.52 Å². The van der Waals surface area contributed by atoms with Crippen LogP contribution in [0.1, 0.15) is 0 Å². The van der Waals surface area contributed by atoms with Crippen molar-refractivity contribution in [3.8, 4) is 0 Å². The average Bonchev–Trinajstić information content (AvgIpc) is 2.99. The largest absolute Gasteiger partial charge is 0.269 e. The minimum atomic E-state index is -3.64. The molecule has 7 heteroatoms. The van der Waals surface area contributed by atoms with Gasteiger partial charge in [0.1, 0.15) is 10.4 Å². The smallest absolute Gasteiger partial charge is 0.249 e. The molecule has 6 nitrogen and oxygen atoms in total. The van der Waals surface area contributed by atoms with Crippen molar-refractivity contribution in [1.82, 2.24) is 14.3 Å². The number of hydrogen-bond acceptors (Lipinski definition) is 5. The van der Waals surface area contributed by atoms with E-state index < -0.39 is 10.0 Å². The molecule has 0 aliphatic heterocycles. The fourth-order valence-electron chi connectivity index (χ4n) is 1.58. The fraction of sp³-hybridized carbons (Fsp3) is 0. The van der Waals surface area contributed by atoms with Crippen molar-refractivity contribution in [2.75, 3.05) is 0 Å². The second-order valence-corrected chi connectivity index (χ2v) is 5.22. The molecule has 0 amide bonds. The maximum absolute atomic E-state index is 12.3. The SMILES string of the molecule is O=S(=O)(c1cccc2nonc12)n1cccc1. The first-order valence-corrected chi connectivity index (χ1v) is 6.23. The van der Waals surface area contributed by atoms with Gasteiger partial charge >= 0.3 is 0 Å². The van der Waals surface area contributed by atoms with Gasteiger partial charge in [0.15, 0.2) is 5.52 Å². The molecule has 2 aromatic heterocycles. The molecule has 0 unspecified atom stereocenters. The predicted octanol–water partition coefficient (Wildman–Crippen LogP) is 1.26. The molecule has 0 spiro atoms. The van der Waals surface area contributed by atoms with Crippen LogP contribution in [-0.4, -0.2) is 22.7 Å². The maximum atomic E-state index is 12.3. The Labute approximate surface area is 96.5 Å². The molecule has 0 bridgehead atoms. The highest BCUT2D eigenvalue weighted by Gasteiger charge is 2.21. The predicted molar refractivity (Wildman–Crippen MR) is 58.8 cm³/mol. The first-order chi connectivity index (χ1) is 8.19. The number of aromatic nitrogens is 3. The zero-order chi connectivity index (χ0) is 11.9. The molecule has 17 heavy (non-hydrogen) atoms. The van der Waals surface area contributed by atoms with Crippen molar-refractivity contribution < 1.29 is 13.0 Å². The van der Waals surface area contributed by atoms with Crippen molar-refractivity contribution >= 4 is 21.1 Å². The Hall–Kier alpha value is -2.15.